The lowest BCUT2D eigenvalue weighted by Gasteiger charge is -2.16. The molecule has 2 aromatic rings. The van der Waals surface area contributed by atoms with Gasteiger partial charge in [-0.15, -0.1) is 0 Å². The van der Waals surface area contributed by atoms with Crippen molar-refractivity contribution in [3.63, 3.8) is 0 Å². The lowest BCUT2D eigenvalue weighted by atomic mass is 10.1. The van der Waals surface area contributed by atoms with E-state index in [9.17, 15) is 19.7 Å². The maximum absolute atomic E-state index is 12.5. The topological polar surface area (TPSA) is 92.6 Å². The molecule has 128 valence electrons. The van der Waals surface area contributed by atoms with Crippen LogP contribution in [0, 0.1) is 17.0 Å². The number of aryl methyl sites for hydroxylation is 1. The number of rotatable bonds is 4. The SMILES string of the molecule is Cc1ccc([N+](=O)[O-])cc1NC(=O)c1cccc(N2CCCC2=O)c1. The Morgan fingerprint density at radius 3 is 2.72 bits per heavy atom. The van der Waals surface area contributed by atoms with Crippen LogP contribution in [0.5, 0.6) is 0 Å². The predicted octanol–water partition coefficient (Wildman–Crippen LogP) is 3.28. The number of nitrogens with one attached hydrogen (secondary N) is 1. The van der Waals surface area contributed by atoms with Crippen LogP contribution >= 0.6 is 0 Å². The number of carbonyl (C=O) groups excluding carboxylic acids is 2. The van der Waals surface area contributed by atoms with E-state index in [-0.39, 0.29) is 17.5 Å². The molecule has 0 bridgehead atoms. The molecule has 0 saturated carbocycles. The minimum Gasteiger partial charge on any atom is -0.321 e. The highest BCUT2D eigenvalue weighted by atomic mass is 16.6. The molecule has 1 N–H and O–H groups in total. The Hall–Kier alpha value is -3.22. The second-order valence-electron chi connectivity index (χ2n) is 5.91. The summed E-state index contributed by atoms with van der Waals surface area (Å²) in [5, 5.41) is 13.6. The molecule has 1 aliphatic rings. The Labute approximate surface area is 144 Å². The molecule has 7 heteroatoms. The van der Waals surface area contributed by atoms with Gasteiger partial charge in [0, 0.05) is 36.3 Å². The number of non-ortho nitro benzene ring substituents is 1. The Morgan fingerprint density at radius 2 is 2.04 bits per heavy atom. The number of carbonyl (C=O) groups is 2. The van der Waals surface area contributed by atoms with E-state index in [0.717, 1.165) is 12.0 Å². The van der Waals surface area contributed by atoms with Crippen molar-refractivity contribution in [1.82, 2.24) is 0 Å². The van der Waals surface area contributed by atoms with Gasteiger partial charge in [-0.2, -0.15) is 0 Å². The lowest BCUT2D eigenvalue weighted by Crippen LogP contribution is -2.24. The number of anilines is 2. The van der Waals surface area contributed by atoms with Gasteiger partial charge in [-0.1, -0.05) is 12.1 Å². The Balaban J connectivity index is 1.83. The molecule has 1 heterocycles. The first-order chi connectivity index (χ1) is 12.0. The van der Waals surface area contributed by atoms with Crippen LogP contribution in [0.15, 0.2) is 42.5 Å². The first-order valence-electron chi connectivity index (χ1n) is 7.92. The molecule has 0 radical (unpaired) electrons. The van der Waals surface area contributed by atoms with Crippen molar-refractivity contribution < 1.29 is 14.5 Å². The Kier molecular flexibility index (Phi) is 4.47. The number of hydrogen-bond acceptors (Lipinski definition) is 4. The van der Waals surface area contributed by atoms with E-state index < -0.39 is 4.92 Å². The van der Waals surface area contributed by atoms with Gasteiger partial charge >= 0.3 is 0 Å². The van der Waals surface area contributed by atoms with Gasteiger partial charge in [-0.25, -0.2) is 0 Å². The summed E-state index contributed by atoms with van der Waals surface area (Å²) < 4.78 is 0. The highest BCUT2D eigenvalue weighted by Gasteiger charge is 2.22. The van der Waals surface area contributed by atoms with Crippen LogP contribution in [-0.4, -0.2) is 23.3 Å². The zero-order valence-electron chi connectivity index (χ0n) is 13.7. The number of benzene rings is 2. The molecule has 0 aromatic heterocycles. The zero-order valence-corrected chi connectivity index (χ0v) is 13.7. The zero-order chi connectivity index (χ0) is 18.0. The molecule has 0 atom stereocenters. The predicted molar refractivity (Wildman–Crippen MR) is 93.8 cm³/mol. The van der Waals surface area contributed by atoms with Crippen molar-refractivity contribution in [2.75, 3.05) is 16.8 Å². The minimum atomic E-state index is -0.505. The number of amides is 2. The number of nitro benzene ring substituents is 1. The van der Waals surface area contributed by atoms with Crippen molar-refractivity contribution >= 4 is 28.9 Å². The summed E-state index contributed by atoms with van der Waals surface area (Å²) in [5.41, 5.74) is 2.11. The van der Waals surface area contributed by atoms with Crippen molar-refractivity contribution in [3.05, 3.63) is 63.7 Å². The maximum Gasteiger partial charge on any atom is 0.271 e. The molecule has 25 heavy (non-hydrogen) atoms. The highest BCUT2D eigenvalue weighted by molar-refractivity contribution is 6.06. The van der Waals surface area contributed by atoms with Crippen LogP contribution in [0.3, 0.4) is 0 Å². The van der Waals surface area contributed by atoms with E-state index in [0.29, 0.717) is 29.9 Å². The summed E-state index contributed by atoms with van der Waals surface area (Å²) in [7, 11) is 0. The molecule has 2 amide bonds. The van der Waals surface area contributed by atoms with E-state index in [2.05, 4.69) is 5.32 Å². The molecule has 1 aliphatic heterocycles. The van der Waals surface area contributed by atoms with E-state index in [1.54, 1.807) is 42.2 Å². The second kappa shape index (κ2) is 6.72. The number of nitro groups is 1. The largest absolute Gasteiger partial charge is 0.321 e. The molecule has 1 fully saturated rings. The first-order valence-corrected chi connectivity index (χ1v) is 7.92. The average Bonchev–Trinajstić information content (AvgIpc) is 3.02. The fourth-order valence-corrected chi connectivity index (χ4v) is 2.79. The number of hydrogen-bond donors (Lipinski definition) is 1. The summed E-state index contributed by atoms with van der Waals surface area (Å²) in [5.74, 6) is -0.329. The van der Waals surface area contributed by atoms with Crippen LogP contribution < -0.4 is 10.2 Å². The molecule has 7 nitrogen and oxygen atoms in total. The molecule has 3 rings (SSSR count). The van der Waals surface area contributed by atoms with Gasteiger partial charge < -0.3 is 10.2 Å². The van der Waals surface area contributed by atoms with Crippen molar-refractivity contribution in [2.24, 2.45) is 0 Å². The Morgan fingerprint density at radius 1 is 1.24 bits per heavy atom. The molecular formula is C18H17N3O4. The summed E-state index contributed by atoms with van der Waals surface area (Å²) in [4.78, 5) is 36.4. The normalized spacial score (nSPS) is 13.8. The summed E-state index contributed by atoms with van der Waals surface area (Å²) in [6.07, 6.45) is 1.32. The lowest BCUT2D eigenvalue weighted by molar-refractivity contribution is -0.384. The van der Waals surface area contributed by atoms with Gasteiger partial charge in [-0.05, 0) is 37.1 Å². The van der Waals surface area contributed by atoms with E-state index >= 15 is 0 Å². The summed E-state index contributed by atoms with van der Waals surface area (Å²) >= 11 is 0. The molecule has 1 saturated heterocycles. The fraction of sp³-hybridized carbons (Fsp3) is 0.222. The average molecular weight is 339 g/mol. The van der Waals surface area contributed by atoms with Gasteiger partial charge in [0.2, 0.25) is 5.91 Å². The van der Waals surface area contributed by atoms with Gasteiger partial charge in [0.15, 0.2) is 0 Å². The molecule has 0 unspecified atom stereocenters. The van der Waals surface area contributed by atoms with Crippen molar-refractivity contribution in [3.8, 4) is 0 Å². The standard InChI is InChI=1S/C18H17N3O4/c1-12-7-8-15(21(24)25)11-16(12)19-18(23)13-4-2-5-14(10-13)20-9-3-6-17(20)22/h2,4-5,7-8,10-11H,3,6,9H2,1H3,(H,19,23). The maximum atomic E-state index is 12.5. The van der Waals surface area contributed by atoms with Crippen LogP contribution in [-0.2, 0) is 4.79 Å². The summed E-state index contributed by atoms with van der Waals surface area (Å²) in [6.45, 7) is 2.41. The van der Waals surface area contributed by atoms with Crippen molar-refractivity contribution in [1.29, 1.82) is 0 Å². The van der Waals surface area contributed by atoms with E-state index in [1.807, 2.05) is 0 Å². The fourth-order valence-electron chi connectivity index (χ4n) is 2.79. The third-order valence-corrected chi connectivity index (χ3v) is 4.17. The molecular weight excluding hydrogens is 322 g/mol. The smallest absolute Gasteiger partial charge is 0.271 e. The monoisotopic (exact) mass is 339 g/mol. The first kappa shape index (κ1) is 16.6. The van der Waals surface area contributed by atoms with Gasteiger partial charge in [0.05, 0.1) is 10.6 Å². The minimum absolute atomic E-state index is 0.0482. The van der Waals surface area contributed by atoms with Gasteiger partial charge in [0.1, 0.15) is 0 Å². The molecule has 0 aliphatic carbocycles. The number of nitrogens with zero attached hydrogens (tertiary/aromatic N) is 2. The van der Waals surface area contributed by atoms with E-state index in [4.69, 9.17) is 0 Å². The van der Waals surface area contributed by atoms with Crippen molar-refractivity contribution in [2.45, 2.75) is 19.8 Å². The van der Waals surface area contributed by atoms with Gasteiger partial charge in [0.25, 0.3) is 11.6 Å². The third-order valence-electron chi connectivity index (χ3n) is 4.17. The Bertz CT molecular complexity index is 863. The van der Waals surface area contributed by atoms with Crippen LogP contribution in [0.1, 0.15) is 28.8 Å². The quantitative estimate of drug-likeness (QED) is 0.683. The molecule has 0 spiro atoms. The van der Waals surface area contributed by atoms with Crippen LogP contribution in [0.25, 0.3) is 0 Å². The summed E-state index contributed by atoms with van der Waals surface area (Å²) in [6, 6.07) is 11.1. The van der Waals surface area contributed by atoms with E-state index in [1.165, 1.54) is 12.1 Å². The van der Waals surface area contributed by atoms with Crippen LogP contribution in [0.4, 0.5) is 17.1 Å². The third kappa shape index (κ3) is 3.50. The second-order valence-corrected chi connectivity index (χ2v) is 5.91. The molecule has 2 aromatic carbocycles. The highest BCUT2D eigenvalue weighted by Crippen LogP contribution is 2.25. The van der Waals surface area contributed by atoms with Crippen LogP contribution in [0.2, 0.25) is 0 Å². The van der Waals surface area contributed by atoms with Gasteiger partial charge in [-0.3, -0.25) is 19.7 Å².